The Hall–Kier alpha value is -0.363. The van der Waals surface area contributed by atoms with Crippen LogP contribution in [0.4, 0.5) is 0 Å². The van der Waals surface area contributed by atoms with Crippen molar-refractivity contribution in [3.63, 3.8) is 0 Å². The molecule has 0 bridgehead atoms. The first kappa shape index (κ1) is 14.6. The molecule has 0 saturated heterocycles. The third kappa shape index (κ3) is 6.67. The molecule has 88 valence electrons. The van der Waals surface area contributed by atoms with Crippen molar-refractivity contribution in [2.45, 2.75) is 19.9 Å². The van der Waals surface area contributed by atoms with Gasteiger partial charge < -0.3 is 14.2 Å². The van der Waals surface area contributed by atoms with Gasteiger partial charge in [0.1, 0.15) is 6.73 Å². The molecule has 0 radical (unpaired) electrons. The zero-order valence-electron chi connectivity index (χ0n) is 9.38. The second kappa shape index (κ2) is 7.00. The van der Waals surface area contributed by atoms with Gasteiger partial charge in [0.05, 0.1) is 0 Å². The zero-order chi connectivity index (χ0) is 11.9. The molecule has 0 aliphatic heterocycles. The highest BCUT2D eigenvalue weighted by Gasteiger charge is 2.35. The third-order valence-corrected chi connectivity index (χ3v) is 5.42. The Labute approximate surface area is 96.5 Å². The number of nitrogens with one attached hydrogen (secondary N) is 1. The molecule has 0 heterocycles. The maximum Gasteiger partial charge on any atom is 0.444 e. The molecule has 0 rings (SSSR count). The van der Waals surface area contributed by atoms with Crippen molar-refractivity contribution < 1.29 is 13.6 Å². The lowest BCUT2D eigenvalue weighted by Crippen LogP contribution is -2.40. The van der Waals surface area contributed by atoms with Crippen molar-refractivity contribution in [2.24, 2.45) is 5.92 Å². The van der Waals surface area contributed by atoms with E-state index in [0.29, 0.717) is 12.0 Å². The maximum atomic E-state index is 10.8. The topological polar surface area (TPSA) is 47.6 Å². The Kier molecular flexibility index (Phi) is 6.83. The molecule has 4 nitrogen and oxygen atoms in total. The summed E-state index contributed by atoms with van der Waals surface area (Å²) in [6, 6.07) is 0.676. The normalized spacial score (nSPS) is 14.7. The minimum absolute atomic E-state index is 0.0567. The van der Waals surface area contributed by atoms with Gasteiger partial charge in [0.2, 0.25) is 5.91 Å². The Balaban J connectivity index is 3.97. The van der Waals surface area contributed by atoms with Gasteiger partial charge in [-0.05, 0) is 12.0 Å². The van der Waals surface area contributed by atoms with Crippen LogP contribution in [-0.4, -0.2) is 27.6 Å². The van der Waals surface area contributed by atoms with Crippen molar-refractivity contribution >= 4 is 24.9 Å². The molecule has 6 heteroatoms. The Morgan fingerprint density at radius 1 is 1.67 bits per heavy atom. The van der Waals surface area contributed by atoms with E-state index in [1.54, 1.807) is 0 Å². The molecule has 0 spiro atoms. The zero-order valence-corrected chi connectivity index (χ0v) is 11.1. The van der Waals surface area contributed by atoms with Crippen LogP contribution in [0.15, 0.2) is 12.7 Å². The Morgan fingerprint density at radius 3 is 2.67 bits per heavy atom. The van der Waals surface area contributed by atoms with Gasteiger partial charge >= 0.3 is 7.87 Å². The summed E-state index contributed by atoms with van der Waals surface area (Å²) < 4.78 is 10.5. The summed E-state index contributed by atoms with van der Waals surface area (Å²) in [6.45, 7) is 7.45. The van der Waals surface area contributed by atoms with Crippen molar-refractivity contribution in [3.8, 4) is 0 Å². The van der Waals surface area contributed by atoms with E-state index in [9.17, 15) is 4.79 Å². The first-order valence-electron chi connectivity index (χ1n) is 4.72. The fraction of sp³-hybridized carbons (Fsp3) is 0.667. The van der Waals surface area contributed by atoms with E-state index in [0.717, 1.165) is 0 Å². The molecule has 15 heavy (non-hydrogen) atoms. The lowest BCUT2D eigenvalue weighted by Gasteiger charge is -2.23. The van der Waals surface area contributed by atoms with E-state index in [1.807, 2.05) is 13.8 Å². The Bertz CT molecular complexity index is 225. The van der Waals surface area contributed by atoms with Crippen LogP contribution < -0.4 is 5.32 Å². The summed E-state index contributed by atoms with van der Waals surface area (Å²) in [7, 11) is -1.12. The number of carbonyl (C=O) groups is 1. The predicted octanol–water partition coefficient (Wildman–Crippen LogP) is 1.74. The highest BCUT2D eigenvalue weighted by molar-refractivity contribution is 7.12. The number of hydrogen-bond acceptors (Lipinski definition) is 3. The van der Waals surface area contributed by atoms with Gasteiger partial charge in [0, 0.05) is 13.2 Å². The van der Waals surface area contributed by atoms with Crippen molar-refractivity contribution in [1.82, 2.24) is 5.32 Å². The summed E-state index contributed by atoms with van der Waals surface area (Å²) in [5.74, 6) is 0.105. The van der Waals surface area contributed by atoms with Gasteiger partial charge in [-0.15, -0.1) is 0 Å². The van der Waals surface area contributed by atoms with Crippen LogP contribution >= 0.6 is 11.1 Å². The standard InChI is InChI=1S/C9H18ClNO3Si/c1-5-9(12)11-7-14-15(10,13-4)6-8(2)3/h5,8H,1,6-7H2,2-4H3,(H,11,12). The smallest absolute Gasteiger partial charge is 0.386 e. The molecule has 0 aliphatic carbocycles. The lowest BCUT2D eigenvalue weighted by molar-refractivity contribution is -0.117. The van der Waals surface area contributed by atoms with Crippen LogP contribution in [0.3, 0.4) is 0 Å². The van der Waals surface area contributed by atoms with Crippen LogP contribution in [0.1, 0.15) is 13.8 Å². The minimum Gasteiger partial charge on any atom is -0.386 e. The first-order valence-corrected chi connectivity index (χ1v) is 7.75. The Morgan fingerprint density at radius 2 is 2.27 bits per heavy atom. The van der Waals surface area contributed by atoms with E-state index in [4.69, 9.17) is 19.9 Å². The fourth-order valence-electron chi connectivity index (χ4n) is 0.976. The van der Waals surface area contributed by atoms with Crippen LogP contribution in [0.2, 0.25) is 6.04 Å². The van der Waals surface area contributed by atoms with Crippen LogP contribution in [0.5, 0.6) is 0 Å². The van der Waals surface area contributed by atoms with Crippen LogP contribution in [0, 0.1) is 5.92 Å². The molecule has 0 aromatic carbocycles. The monoisotopic (exact) mass is 251 g/mol. The van der Waals surface area contributed by atoms with Crippen molar-refractivity contribution in [2.75, 3.05) is 13.8 Å². The van der Waals surface area contributed by atoms with Gasteiger partial charge in [0.25, 0.3) is 0 Å². The molecule has 0 aromatic rings. The summed E-state index contributed by atoms with van der Waals surface area (Å²) >= 11 is 6.16. The summed E-state index contributed by atoms with van der Waals surface area (Å²) in [5, 5.41) is 2.49. The average Bonchev–Trinajstić information content (AvgIpc) is 2.16. The number of halogens is 1. The lowest BCUT2D eigenvalue weighted by atomic mass is 10.3. The largest absolute Gasteiger partial charge is 0.444 e. The number of rotatable bonds is 7. The van der Waals surface area contributed by atoms with Crippen molar-refractivity contribution in [1.29, 1.82) is 0 Å². The van der Waals surface area contributed by atoms with Crippen LogP contribution in [-0.2, 0) is 13.6 Å². The average molecular weight is 252 g/mol. The van der Waals surface area contributed by atoms with Gasteiger partial charge in [-0.25, -0.2) is 0 Å². The molecule has 0 aliphatic rings. The molecule has 0 fully saturated rings. The molecular formula is C9H18ClNO3Si. The highest BCUT2D eigenvalue weighted by Crippen LogP contribution is 2.22. The summed E-state index contributed by atoms with van der Waals surface area (Å²) in [5.41, 5.74) is 0. The predicted molar refractivity (Wildman–Crippen MR) is 62.6 cm³/mol. The first-order chi connectivity index (χ1) is 6.93. The van der Waals surface area contributed by atoms with Gasteiger partial charge in [-0.3, -0.25) is 4.79 Å². The molecule has 0 saturated carbocycles. The molecule has 1 unspecified atom stereocenters. The van der Waals surface area contributed by atoms with Gasteiger partial charge in [0.15, 0.2) is 0 Å². The highest BCUT2D eigenvalue weighted by atomic mass is 35.6. The second-order valence-corrected chi connectivity index (χ2v) is 7.65. The molecule has 1 N–H and O–H groups in total. The maximum absolute atomic E-state index is 10.8. The van der Waals surface area contributed by atoms with E-state index in [-0.39, 0.29) is 12.6 Å². The minimum atomic E-state index is -2.64. The third-order valence-electron chi connectivity index (χ3n) is 1.68. The molecular weight excluding hydrogens is 234 g/mol. The SMILES string of the molecule is C=CC(=O)NCO[Si](Cl)(CC(C)C)OC. The summed E-state index contributed by atoms with van der Waals surface area (Å²) in [4.78, 5) is 10.8. The van der Waals surface area contributed by atoms with Gasteiger partial charge in [-0.2, -0.15) is 0 Å². The number of carbonyl (C=O) groups excluding carboxylic acids is 1. The quantitative estimate of drug-likeness (QED) is 0.325. The molecule has 0 aromatic heterocycles. The number of hydrogen-bond donors (Lipinski definition) is 1. The van der Waals surface area contributed by atoms with E-state index >= 15 is 0 Å². The van der Waals surface area contributed by atoms with E-state index in [2.05, 4.69) is 11.9 Å². The molecule has 1 amide bonds. The van der Waals surface area contributed by atoms with E-state index < -0.39 is 7.87 Å². The molecule has 1 atom stereocenters. The van der Waals surface area contributed by atoms with E-state index in [1.165, 1.54) is 13.2 Å². The van der Waals surface area contributed by atoms with Crippen LogP contribution in [0.25, 0.3) is 0 Å². The second-order valence-electron chi connectivity index (χ2n) is 3.50. The van der Waals surface area contributed by atoms with Gasteiger partial charge in [-0.1, -0.05) is 31.5 Å². The fourth-order valence-corrected chi connectivity index (χ4v) is 3.73. The summed E-state index contributed by atoms with van der Waals surface area (Å²) in [6.07, 6.45) is 1.18. The van der Waals surface area contributed by atoms with Crippen molar-refractivity contribution in [3.05, 3.63) is 12.7 Å². The number of amides is 1.